The number of hydrogen-bond donors (Lipinski definition) is 1. The molecule has 0 unspecified atom stereocenters. The molecule has 4 rings (SSSR count). The molecule has 0 saturated heterocycles. The van der Waals surface area contributed by atoms with Gasteiger partial charge in [-0.2, -0.15) is 0 Å². The third kappa shape index (κ3) is 2.36. The number of nitro benzene ring substituents is 1. The van der Waals surface area contributed by atoms with Crippen LogP contribution in [0.4, 0.5) is 11.4 Å². The highest BCUT2D eigenvalue weighted by Crippen LogP contribution is 2.38. The number of nitro groups is 1. The molecule has 0 atom stereocenters. The summed E-state index contributed by atoms with van der Waals surface area (Å²) in [5.41, 5.74) is 2.59. The minimum absolute atomic E-state index is 0.0307. The summed E-state index contributed by atoms with van der Waals surface area (Å²) in [6.45, 7) is 3.24. The van der Waals surface area contributed by atoms with Crippen molar-refractivity contribution in [2.75, 3.05) is 5.32 Å². The van der Waals surface area contributed by atoms with Crippen LogP contribution in [0.25, 0.3) is 27.3 Å². The van der Waals surface area contributed by atoms with Gasteiger partial charge in [-0.3, -0.25) is 19.3 Å². The first-order valence-corrected chi connectivity index (χ1v) is 8.20. The van der Waals surface area contributed by atoms with E-state index in [2.05, 4.69) is 10.3 Å². The lowest BCUT2D eigenvalue weighted by atomic mass is 10.1. The van der Waals surface area contributed by atoms with Gasteiger partial charge in [0.1, 0.15) is 5.82 Å². The molecule has 0 spiro atoms. The molecule has 0 fully saturated rings. The molecule has 0 aliphatic rings. The Morgan fingerprint density at radius 3 is 2.69 bits per heavy atom. The van der Waals surface area contributed by atoms with Crippen molar-refractivity contribution in [3.63, 3.8) is 0 Å². The zero-order valence-corrected chi connectivity index (χ0v) is 14.7. The molecule has 1 amide bonds. The number of rotatable bonds is 2. The van der Waals surface area contributed by atoms with Gasteiger partial charge in [0.05, 0.1) is 27.2 Å². The van der Waals surface area contributed by atoms with Crippen molar-refractivity contribution in [1.82, 2.24) is 9.38 Å². The number of non-ortho nitro benzene ring substituents is 1. The fraction of sp³-hybridized carbons (Fsp3) is 0.111. The van der Waals surface area contributed by atoms with Crippen LogP contribution >= 0.6 is 11.6 Å². The number of nitrogens with zero attached hydrogens (tertiary/aromatic N) is 3. The Hall–Kier alpha value is -3.19. The van der Waals surface area contributed by atoms with E-state index in [0.29, 0.717) is 33.0 Å². The third-order valence-corrected chi connectivity index (χ3v) is 4.52. The van der Waals surface area contributed by atoms with Crippen molar-refractivity contribution in [2.45, 2.75) is 13.8 Å². The van der Waals surface area contributed by atoms with Gasteiger partial charge >= 0.3 is 0 Å². The predicted molar refractivity (Wildman–Crippen MR) is 101 cm³/mol. The van der Waals surface area contributed by atoms with Crippen LogP contribution in [0.2, 0.25) is 5.02 Å². The number of fused-ring (bicyclic) bond motifs is 5. The van der Waals surface area contributed by atoms with Gasteiger partial charge in [-0.1, -0.05) is 11.6 Å². The summed E-state index contributed by atoms with van der Waals surface area (Å²) in [5, 5.41) is 16.0. The topological polar surface area (TPSA) is 89.5 Å². The minimum atomic E-state index is -0.447. The summed E-state index contributed by atoms with van der Waals surface area (Å²) >= 11 is 6.17. The standard InChI is InChI=1S/C18H13ClN4O3/c1-9-20-15-6-3-11(19)7-14(15)18-17(21-10(2)24)13-5-4-12(23(25)26)8-16(13)22(9)18/h3-8H,1-2H3,(H,21,24). The molecule has 0 saturated carbocycles. The summed E-state index contributed by atoms with van der Waals surface area (Å²) in [5.74, 6) is 0.416. The monoisotopic (exact) mass is 368 g/mol. The molecule has 0 radical (unpaired) electrons. The first-order valence-electron chi connectivity index (χ1n) is 7.83. The highest BCUT2D eigenvalue weighted by atomic mass is 35.5. The molecule has 26 heavy (non-hydrogen) atoms. The molecule has 0 aliphatic heterocycles. The molecule has 4 aromatic rings. The van der Waals surface area contributed by atoms with Crippen LogP contribution in [-0.4, -0.2) is 20.2 Å². The van der Waals surface area contributed by atoms with Gasteiger partial charge in [0.15, 0.2) is 0 Å². The second kappa shape index (κ2) is 5.67. The number of hydrogen-bond acceptors (Lipinski definition) is 4. The number of benzene rings is 2. The average molecular weight is 369 g/mol. The minimum Gasteiger partial charge on any atom is -0.324 e. The number of halogens is 1. The van der Waals surface area contributed by atoms with E-state index in [9.17, 15) is 14.9 Å². The second-order valence-electron chi connectivity index (χ2n) is 6.02. The Balaban J connectivity index is 2.28. The molecule has 1 N–H and O–H groups in total. The van der Waals surface area contributed by atoms with Gasteiger partial charge in [-0.15, -0.1) is 0 Å². The fourth-order valence-corrected chi connectivity index (χ4v) is 3.48. The lowest BCUT2D eigenvalue weighted by Gasteiger charge is -2.08. The summed E-state index contributed by atoms with van der Waals surface area (Å²) in [6, 6.07) is 9.88. The largest absolute Gasteiger partial charge is 0.324 e. The smallest absolute Gasteiger partial charge is 0.271 e. The maximum absolute atomic E-state index is 11.8. The van der Waals surface area contributed by atoms with Crippen molar-refractivity contribution < 1.29 is 9.72 Å². The van der Waals surface area contributed by atoms with E-state index < -0.39 is 4.92 Å². The van der Waals surface area contributed by atoms with Crippen LogP contribution < -0.4 is 5.32 Å². The van der Waals surface area contributed by atoms with Crippen LogP contribution in [-0.2, 0) is 4.79 Å². The first kappa shape index (κ1) is 16.3. The van der Waals surface area contributed by atoms with Crippen LogP contribution in [0.5, 0.6) is 0 Å². The van der Waals surface area contributed by atoms with Gasteiger partial charge in [0.25, 0.3) is 5.69 Å². The SMILES string of the molecule is CC(=O)Nc1c2ccc([N+](=O)[O-])cc2n2c(C)nc3ccc(Cl)cc3c12. The van der Waals surface area contributed by atoms with Gasteiger partial charge < -0.3 is 5.32 Å². The Morgan fingerprint density at radius 2 is 2.00 bits per heavy atom. The Kier molecular flexibility index (Phi) is 3.55. The van der Waals surface area contributed by atoms with E-state index in [0.717, 1.165) is 10.9 Å². The molecule has 2 heterocycles. The number of aromatic nitrogens is 2. The van der Waals surface area contributed by atoms with Crippen molar-refractivity contribution >= 4 is 56.2 Å². The summed E-state index contributed by atoms with van der Waals surface area (Å²) in [4.78, 5) is 27.1. The van der Waals surface area contributed by atoms with Gasteiger partial charge in [0, 0.05) is 34.9 Å². The molecular weight excluding hydrogens is 356 g/mol. The van der Waals surface area contributed by atoms with Crippen LogP contribution in [0.15, 0.2) is 36.4 Å². The van der Waals surface area contributed by atoms with Crippen molar-refractivity contribution in [3.05, 3.63) is 57.4 Å². The van der Waals surface area contributed by atoms with E-state index in [1.165, 1.54) is 19.1 Å². The van der Waals surface area contributed by atoms with E-state index in [1.54, 1.807) is 18.2 Å². The van der Waals surface area contributed by atoms with E-state index in [-0.39, 0.29) is 11.6 Å². The van der Waals surface area contributed by atoms with Crippen molar-refractivity contribution in [3.8, 4) is 0 Å². The lowest BCUT2D eigenvalue weighted by Crippen LogP contribution is -2.06. The highest BCUT2D eigenvalue weighted by Gasteiger charge is 2.20. The maximum atomic E-state index is 11.8. The molecule has 8 heteroatoms. The number of amides is 1. The zero-order valence-electron chi connectivity index (χ0n) is 13.9. The number of nitrogens with one attached hydrogen (secondary N) is 1. The van der Waals surface area contributed by atoms with E-state index >= 15 is 0 Å². The predicted octanol–water partition coefficient (Wildman–Crippen LogP) is 4.47. The Labute approximate surface area is 152 Å². The fourth-order valence-electron chi connectivity index (χ4n) is 3.30. The number of aryl methyl sites for hydroxylation is 1. The second-order valence-corrected chi connectivity index (χ2v) is 6.46. The van der Waals surface area contributed by atoms with Crippen LogP contribution in [0.3, 0.4) is 0 Å². The van der Waals surface area contributed by atoms with Crippen molar-refractivity contribution in [2.24, 2.45) is 0 Å². The van der Waals surface area contributed by atoms with Gasteiger partial charge in [-0.05, 0) is 31.2 Å². The van der Waals surface area contributed by atoms with E-state index in [1.807, 2.05) is 17.4 Å². The summed E-state index contributed by atoms with van der Waals surface area (Å²) in [7, 11) is 0. The lowest BCUT2D eigenvalue weighted by molar-refractivity contribution is -0.384. The van der Waals surface area contributed by atoms with Crippen molar-refractivity contribution in [1.29, 1.82) is 0 Å². The Morgan fingerprint density at radius 1 is 1.23 bits per heavy atom. The van der Waals surface area contributed by atoms with Gasteiger partial charge in [-0.25, -0.2) is 4.98 Å². The van der Waals surface area contributed by atoms with Crippen LogP contribution in [0, 0.1) is 17.0 Å². The normalized spacial score (nSPS) is 11.3. The first-order chi connectivity index (χ1) is 12.4. The molecule has 130 valence electrons. The van der Waals surface area contributed by atoms with Crippen LogP contribution in [0.1, 0.15) is 12.7 Å². The third-order valence-electron chi connectivity index (χ3n) is 4.28. The molecule has 0 aliphatic carbocycles. The quantitative estimate of drug-likeness (QED) is 0.417. The maximum Gasteiger partial charge on any atom is 0.271 e. The molecule has 2 aromatic carbocycles. The average Bonchev–Trinajstić information content (AvgIpc) is 2.90. The summed E-state index contributed by atoms with van der Waals surface area (Å²) < 4.78 is 1.81. The Bertz CT molecular complexity index is 1250. The molecule has 2 aromatic heterocycles. The number of anilines is 1. The molecule has 0 bridgehead atoms. The molecule has 7 nitrogen and oxygen atoms in total. The molecular formula is C18H13ClN4O3. The van der Waals surface area contributed by atoms with Gasteiger partial charge in [0.2, 0.25) is 5.91 Å². The zero-order chi connectivity index (χ0) is 18.6. The number of carbonyl (C=O) groups is 1. The van der Waals surface area contributed by atoms with E-state index in [4.69, 9.17) is 11.6 Å². The summed E-state index contributed by atoms with van der Waals surface area (Å²) in [6.07, 6.45) is 0. The number of carbonyl (C=O) groups excluding carboxylic acids is 1. The highest BCUT2D eigenvalue weighted by molar-refractivity contribution is 6.31.